The zero-order chi connectivity index (χ0) is 25.8. The Bertz CT molecular complexity index is 1230. The van der Waals surface area contributed by atoms with Crippen LogP contribution in [0.1, 0.15) is 5.69 Å². The van der Waals surface area contributed by atoms with Crippen LogP contribution in [0.2, 0.25) is 0 Å². The number of nitrogens with one attached hydrogen (secondary N) is 1. The molecule has 2 atom stereocenters. The van der Waals surface area contributed by atoms with Crippen LogP contribution in [0, 0.1) is 0 Å². The fourth-order valence-electron chi connectivity index (χ4n) is 3.65. The molecular weight excluding hydrogens is 531 g/mol. The van der Waals surface area contributed by atoms with E-state index in [1.54, 1.807) is 22.3 Å². The van der Waals surface area contributed by atoms with Gasteiger partial charge < -0.3 is 21.0 Å². The van der Waals surface area contributed by atoms with E-state index in [0.29, 0.717) is 17.1 Å². The van der Waals surface area contributed by atoms with Gasteiger partial charge in [0.1, 0.15) is 36.6 Å². The lowest BCUT2D eigenvalue weighted by molar-refractivity contribution is -0.697. The quantitative estimate of drug-likeness (QED) is 0.128. The minimum absolute atomic E-state index is 0.0665. The molecular formula is C21H22FN6O5S3+. The lowest BCUT2D eigenvalue weighted by Crippen LogP contribution is -2.71. The number of carboxylic acids is 1. The SMILES string of the molecule is CO/N=C(\C(=O)N[C@@H]1C(=O)N2C(C(=O)O)=C(CSc3cc[n+](CCF)cc3)CS[C@H]12)c1csc(N)n1. The van der Waals surface area contributed by atoms with E-state index in [1.807, 2.05) is 12.1 Å². The van der Waals surface area contributed by atoms with Gasteiger partial charge in [-0.15, -0.1) is 34.9 Å². The van der Waals surface area contributed by atoms with Gasteiger partial charge in [-0.05, 0) is 5.57 Å². The van der Waals surface area contributed by atoms with Crippen LogP contribution in [0.15, 0.2) is 51.2 Å². The van der Waals surface area contributed by atoms with Gasteiger partial charge in [-0.2, -0.15) is 0 Å². The summed E-state index contributed by atoms with van der Waals surface area (Å²) < 4.78 is 14.2. The van der Waals surface area contributed by atoms with E-state index in [0.717, 1.165) is 16.2 Å². The number of nitrogens with two attached hydrogens (primary N) is 1. The molecule has 2 amide bonds. The fourth-order valence-corrected chi connectivity index (χ4v) is 6.57. The Morgan fingerprint density at radius 1 is 1.44 bits per heavy atom. The Hall–Kier alpha value is -3.17. The highest BCUT2D eigenvalue weighted by Gasteiger charge is 2.54. The largest absolute Gasteiger partial charge is 0.477 e. The highest BCUT2D eigenvalue weighted by Crippen LogP contribution is 2.41. The van der Waals surface area contributed by atoms with Crippen molar-refractivity contribution in [3.8, 4) is 0 Å². The fraction of sp³-hybridized carbons (Fsp3) is 0.333. The number of oxime groups is 1. The van der Waals surface area contributed by atoms with Gasteiger partial charge in [-0.3, -0.25) is 14.5 Å². The van der Waals surface area contributed by atoms with E-state index in [-0.39, 0.29) is 28.8 Å². The molecule has 0 saturated carbocycles. The zero-order valence-electron chi connectivity index (χ0n) is 18.9. The van der Waals surface area contributed by atoms with Crippen LogP contribution in [0.5, 0.6) is 0 Å². The van der Waals surface area contributed by atoms with Crippen LogP contribution in [-0.2, 0) is 25.8 Å². The highest BCUT2D eigenvalue weighted by atomic mass is 32.2. The van der Waals surface area contributed by atoms with E-state index < -0.39 is 35.9 Å². The summed E-state index contributed by atoms with van der Waals surface area (Å²) in [4.78, 5) is 48.7. The maximum Gasteiger partial charge on any atom is 0.352 e. The normalized spacial score (nSPS) is 19.6. The number of anilines is 1. The van der Waals surface area contributed by atoms with Gasteiger partial charge in [0.25, 0.3) is 11.8 Å². The number of aliphatic carboxylic acids is 1. The van der Waals surface area contributed by atoms with E-state index >= 15 is 0 Å². The molecule has 190 valence electrons. The molecule has 2 aromatic rings. The molecule has 15 heteroatoms. The number of nitrogen functional groups attached to an aromatic ring is 1. The lowest BCUT2D eigenvalue weighted by Gasteiger charge is -2.49. The molecule has 0 aliphatic carbocycles. The maximum absolute atomic E-state index is 12.9. The predicted octanol–water partition coefficient (Wildman–Crippen LogP) is 0.864. The molecule has 4 rings (SSSR count). The summed E-state index contributed by atoms with van der Waals surface area (Å²) in [7, 11) is 1.27. The van der Waals surface area contributed by atoms with Gasteiger partial charge >= 0.3 is 5.97 Å². The summed E-state index contributed by atoms with van der Waals surface area (Å²) in [5.74, 6) is -1.67. The van der Waals surface area contributed by atoms with Crippen molar-refractivity contribution in [1.29, 1.82) is 0 Å². The molecule has 1 saturated heterocycles. The number of halogens is 1. The molecule has 0 aromatic carbocycles. The van der Waals surface area contributed by atoms with Crippen molar-refractivity contribution in [3.05, 3.63) is 46.9 Å². The number of hydrogen-bond donors (Lipinski definition) is 3. The van der Waals surface area contributed by atoms with Gasteiger partial charge in [-0.25, -0.2) is 18.7 Å². The topological polar surface area (TPSA) is 151 Å². The van der Waals surface area contributed by atoms with E-state index in [2.05, 4.69) is 15.5 Å². The van der Waals surface area contributed by atoms with Crippen LogP contribution in [0.25, 0.3) is 0 Å². The first-order valence-electron chi connectivity index (χ1n) is 10.5. The molecule has 0 spiro atoms. The van der Waals surface area contributed by atoms with Gasteiger partial charge in [0.15, 0.2) is 29.8 Å². The Kier molecular flexibility index (Phi) is 8.11. The lowest BCUT2D eigenvalue weighted by atomic mass is 10.0. The Balaban J connectivity index is 1.45. The van der Waals surface area contributed by atoms with Crippen LogP contribution < -0.4 is 15.6 Å². The second-order valence-electron chi connectivity index (χ2n) is 7.56. The number of thiazole rings is 1. The molecule has 0 bridgehead atoms. The molecule has 2 aliphatic heterocycles. The van der Waals surface area contributed by atoms with Crippen LogP contribution >= 0.6 is 34.9 Å². The zero-order valence-corrected chi connectivity index (χ0v) is 21.4. The van der Waals surface area contributed by atoms with Crippen molar-refractivity contribution in [3.63, 3.8) is 0 Å². The first kappa shape index (κ1) is 25.9. The number of β-lactam (4-membered cyclic amide) rings is 1. The Morgan fingerprint density at radius 3 is 2.81 bits per heavy atom. The third-order valence-corrected chi connectivity index (χ3v) is 8.43. The van der Waals surface area contributed by atoms with Crippen molar-refractivity contribution >= 4 is 63.5 Å². The summed E-state index contributed by atoms with van der Waals surface area (Å²) in [6, 6.07) is 2.73. The minimum atomic E-state index is -1.21. The summed E-state index contributed by atoms with van der Waals surface area (Å²) in [6.07, 6.45) is 3.51. The number of alkyl halides is 1. The van der Waals surface area contributed by atoms with E-state index in [9.17, 15) is 23.9 Å². The average Bonchev–Trinajstić information content (AvgIpc) is 3.30. The summed E-state index contributed by atoms with van der Waals surface area (Å²) in [5, 5.41) is 17.4. The maximum atomic E-state index is 12.9. The highest BCUT2D eigenvalue weighted by molar-refractivity contribution is 8.01. The second-order valence-corrected chi connectivity index (χ2v) is 10.6. The number of nitrogens with zero attached hydrogens (tertiary/aromatic N) is 4. The van der Waals surface area contributed by atoms with E-state index in [4.69, 9.17) is 10.6 Å². The Labute approximate surface area is 217 Å². The molecule has 0 unspecified atom stereocenters. The molecule has 1 fully saturated rings. The number of aryl methyl sites for hydroxylation is 1. The van der Waals surface area contributed by atoms with Gasteiger partial charge in [0, 0.05) is 33.9 Å². The number of hydrogen-bond acceptors (Lipinski definition) is 10. The van der Waals surface area contributed by atoms with Crippen molar-refractivity contribution in [2.45, 2.75) is 22.9 Å². The van der Waals surface area contributed by atoms with Crippen molar-refractivity contribution in [2.75, 3.05) is 31.0 Å². The van der Waals surface area contributed by atoms with Gasteiger partial charge in [0.2, 0.25) is 0 Å². The molecule has 4 N–H and O–H groups in total. The summed E-state index contributed by atoms with van der Waals surface area (Å²) in [6.45, 7) is -0.196. The predicted molar refractivity (Wildman–Crippen MR) is 133 cm³/mol. The third kappa shape index (κ3) is 5.32. The van der Waals surface area contributed by atoms with Gasteiger partial charge in [0.05, 0.1) is 0 Å². The minimum Gasteiger partial charge on any atom is -0.477 e. The average molecular weight is 554 g/mol. The van der Waals surface area contributed by atoms with E-state index in [1.165, 1.54) is 35.5 Å². The Morgan fingerprint density at radius 2 is 2.19 bits per heavy atom. The van der Waals surface area contributed by atoms with Crippen molar-refractivity contribution < 1.29 is 33.3 Å². The van der Waals surface area contributed by atoms with Crippen LogP contribution in [0.4, 0.5) is 9.52 Å². The number of fused-ring (bicyclic) bond motifs is 1. The number of thioether (sulfide) groups is 2. The second kappa shape index (κ2) is 11.3. The van der Waals surface area contributed by atoms with Crippen LogP contribution in [0.3, 0.4) is 0 Å². The van der Waals surface area contributed by atoms with Crippen LogP contribution in [-0.4, -0.2) is 75.2 Å². The number of pyridine rings is 1. The molecule has 2 aliphatic rings. The summed E-state index contributed by atoms with van der Waals surface area (Å²) >= 11 is 3.92. The van der Waals surface area contributed by atoms with Crippen molar-refractivity contribution in [1.82, 2.24) is 15.2 Å². The summed E-state index contributed by atoms with van der Waals surface area (Å²) in [5.41, 5.74) is 6.24. The number of amides is 2. The number of carbonyl (C=O) groups excluding carboxylic acids is 2. The molecule has 4 heterocycles. The van der Waals surface area contributed by atoms with Gasteiger partial charge in [-0.1, -0.05) is 5.16 Å². The number of rotatable bonds is 10. The molecule has 11 nitrogen and oxygen atoms in total. The van der Waals surface area contributed by atoms with Crippen molar-refractivity contribution in [2.24, 2.45) is 5.16 Å². The molecule has 36 heavy (non-hydrogen) atoms. The standard InChI is InChI=1S/C21H21FN6O5S3/c1-33-26-14(13-10-36-21(23)24-13)17(29)25-15-18(30)28-16(20(31)32)11(9-35-19(15)28)8-34-12-2-5-27(6-3-12)7-4-22/h2-3,5-6,10,15,19H,4,7-9H2,1H3,(H3-,23,24,25,29,31,32)/p+1/b26-14-/t15-,19-/m1/s1. The number of carboxylic acid groups (broad SMARTS) is 1. The monoisotopic (exact) mass is 553 g/mol. The molecule has 0 radical (unpaired) electrons. The number of carbonyl (C=O) groups is 3. The smallest absolute Gasteiger partial charge is 0.352 e. The third-order valence-electron chi connectivity index (χ3n) is 5.31. The molecule has 2 aromatic heterocycles. The first-order chi connectivity index (χ1) is 17.3. The first-order valence-corrected chi connectivity index (χ1v) is 13.5. The number of aromatic nitrogens is 2.